The number of hydrogen-bond donors (Lipinski definition) is 1. The zero-order valence-corrected chi connectivity index (χ0v) is 9.31. The Morgan fingerprint density at radius 1 is 1.31 bits per heavy atom. The molecule has 0 spiro atoms. The van der Waals surface area contributed by atoms with Crippen molar-refractivity contribution in [3.8, 4) is 0 Å². The van der Waals surface area contributed by atoms with Gasteiger partial charge >= 0.3 is 6.18 Å². The van der Waals surface area contributed by atoms with Gasteiger partial charge in [0.05, 0.1) is 5.69 Å². The second-order valence-electron chi connectivity index (χ2n) is 4.30. The minimum absolute atomic E-state index is 0.158. The lowest BCUT2D eigenvalue weighted by Crippen LogP contribution is -2.27. The first kappa shape index (κ1) is 11.3. The molecule has 2 rings (SSSR count). The Kier molecular flexibility index (Phi) is 2.40. The van der Waals surface area contributed by atoms with Gasteiger partial charge in [-0.05, 0) is 11.8 Å². The van der Waals surface area contributed by atoms with Crippen LogP contribution in [0, 0.1) is 5.92 Å². The van der Waals surface area contributed by atoms with Crippen LogP contribution in [0.15, 0.2) is 11.8 Å². The highest BCUT2D eigenvalue weighted by molar-refractivity contribution is 6.43. The number of aromatic amines is 1. The van der Waals surface area contributed by atoms with E-state index < -0.39 is 17.7 Å². The Bertz CT molecular complexity index is 447. The van der Waals surface area contributed by atoms with E-state index in [1.807, 2.05) is 0 Å². The van der Waals surface area contributed by atoms with Crippen molar-refractivity contribution in [3.05, 3.63) is 23.0 Å². The van der Waals surface area contributed by atoms with E-state index in [1.165, 1.54) is 7.85 Å². The molecule has 0 saturated heterocycles. The summed E-state index contributed by atoms with van der Waals surface area (Å²) < 4.78 is 38.8. The maximum Gasteiger partial charge on any atom is 0.412 e. The van der Waals surface area contributed by atoms with Crippen LogP contribution in [0.5, 0.6) is 0 Å². The summed E-state index contributed by atoms with van der Waals surface area (Å²) in [5, 5.41) is 6.55. The lowest BCUT2D eigenvalue weighted by molar-refractivity contribution is -0.0986. The highest BCUT2D eigenvalue weighted by Crippen LogP contribution is 2.46. The van der Waals surface area contributed by atoms with Crippen LogP contribution in [0.1, 0.15) is 31.0 Å². The standard InChI is InChI=1S/C10H12BF3N2/c1-4-5(2)7(10(12,13)14)8(11)9-6(4)3-15-16-9/h3-5H,11H2,1-2H3,(H,15,16). The van der Waals surface area contributed by atoms with Crippen molar-refractivity contribution in [2.24, 2.45) is 5.92 Å². The van der Waals surface area contributed by atoms with Gasteiger partial charge in [-0.15, -0.1) is 0 Å². The van der Waals surface area contributed by atoms with E-state index in [9.17, 15) is 13.2 Å². The van der Waals surface area contributed by atoms with E-state index in [1.54, 1.807) is 20.0 Å². The fourth-order valence-corrected chi connectivity index (χ4v) is 2.41. The Morgan fingerprint density at radius 3 is 2.50 bits per heavy atom. The summed E-state index contributed by atoms with van der Waals surface area (Å²) in [7, 11) is 1.49. The van der Waals surface area contributed by atoms with Crippen molar-refractivity contribution in [2.45, 2.75) is 25.9 Å². The maximum absolute atomic E-state index is 12.9. The number of halogens is 3. The number of alkyl halides is 3. The molecule has 0 fully saturated rings. The van der Waals surface area contributed by atoms with E-state index in [0.29, 0.717) is 5.69 Å². The molecule has 1 aliphatic carbocycles. The lowest BCUT2D eigenvalue weighted by Gasteiger charge is -2.31. The maximum atomic E-state index is 12.9. The van der Waals surface area contributed by atoms with Gasteiger partial charge in [-0.25, -0.2) is 0 Å². The SMILES string of the molecule is BC1=C(C(F)(F)F)C(C)C(C)c2c[nH]nc21. The van der Waals surface area contributed by atoms with E-state index >= 15 is 0 Å². The van der Waals surface area contributed by atoms with Gasteiger partial charge in [0.1, 0.15) is 7.85 Å². The van der Waals surface area contributed by atoms with Crippen LogP contribution in [-0.2, 0) is 0 Å². The first-order valence-electron chi connectivity index (χ1n) is 5.16. The summed E-state index contributed by atoms with van der Waals surface area (Å²) in [6, 6.07) is 0. The third-order valence-electron chi connectivity index (χ3n) is 3.43. The molecule has 0 bridgehead atoms. The molecule has 0 radical (unpaired) electrons. The van der Waals surface area contributed by atoms with Crippen LogP contribution in [0.2, 0.25) is 0 Å². The van der Waals surface area contributed by atoms with Gasteiger partial charge in [-0.1, -0.05) is 19.3 Å². The molecule has 1 N–H and O–H groups in total. The topological polar surface area (TPSA) is 28.7 Å². The summed E-state index contributed by atoms with van der Waals surface area (Å²) in [6.45, 7) is 3.42. The number of H-pyrrole nitrogens is 1. The van der Waals surface area contributed by atoms with Crippen LogP contribution in [0.4, 0.5) is 13.2 Å². The molecule has 1 heterocycles. The van der Waals surface area contributed by atoms with E-state index in [4.69, 9.17) is 0 Å². The number of aromatic nitrogens is 2. The number of allylic oxidation sites excluding steroid dienone is 1. The Morgan fingerprint density at radius 2 is 1.94 bits per heavy atom. The predicted molar refractivity (Wildman–Crippen MR) is 57.7 cm³/mol. The van der Waals surface area contributed by atoms with Crippen molar-refractivity contribution < 1.29 is 13.2 Å². The highest BCUT2D eigenvalue weighted by atomic mass is 19.4. The second-order valence-corrected chi connectivity index (χ2v) is 4.30. The third-order valence-corrected chi connectivity index (χ3v) is 3.43. The molecule has 0 saturated carbocycles. The van der Waals surface area contributed by atoms with Crippen LogP contribution in [-0.4, -0.2) is 24.2 Å². The van der Waals surface area contributed by atoms with Gasteiger partial charge in [0.15, 0.2) is 0 Å². The van der Waals surface area contributed by atoms with Crippen LogP contribution < -0.4 is 0 Å². The fourth-order valence-electron chi connectivity index (χ4n) is 2.41. The minimum atomic E-state index is -4.27. The number of fused-ring (bicyclic) bond motifs is 1. The Hall–Kier alpha value is -1.20. The average molecular weight is 228 g/mol. The Balaban J connectivity index is 2.64. The molecular weight excluding hydrogens is 216 g/mol. The molecular formula is C10H12BF3N2. The number of rotatable bonds is 0. The van der Waals surface area contributed by atoms with Crippen LogP contribution in [0.3, 0.4) is 0 Å². The van der Waals surface area contributed by atoms with E-state index in [-0.39, 0.29) is 11.4 Å². The molecule has 2 nitrogen and oxygen atoms in total. The fraction of sp³-hybridized carbons (Fsp3) is 0.500. The molecule has 2 atom stereocenters. The zero-order chi connectivity index (χ0) is 12.1. The molecule has 1 aromatic heterocycles. The largest absolute Gasteiger partial charge is 0.412 e. The molecule has 2 unspecified atom stereocenters. The van der Waals surface area contributed by atoms with Gasteiger partial charge in [-0.2, -0.15) is 18.3 Å². The molecule has 0 aliphatic heterocycles. The average Bonchev–Trinajstić information content (AvgIpc) is 2.61. The van der Waals surface area contributed by atoms with Crippen LogP contribution in [0.25, 0.3) is 5.47 Å². The van der Waals surface area contributed by atoms with E-state index in [0.717, 1.165) is 5.56 Å². The Labute approximate surface area is 92.3 Å². The summed E-state index contributed by atoms with van der Waals surface area (Å²) in [5.41, 5.74) is 1.13. The lowest BCUT2D eigenvalue weighted by atomic mass is 9.70. The summed E-state index contributed by atoms with van der Waals surface area (Å²) in [4.78, 5) is 0. The zero-order valence-electron chi connectivity index (χ0n) is 9.31. The normalized spacial score (nSPS) is 25.8. The van der Waals surface area contributed by atoms with Crippen LogP contribution >= 0.6 is 0 Å². The van der Waals surface area contributed by atoms with Crippen molar-refractivity contribution in [2.75, 3.05) is 0 Å². The molecule has 16 heavy (non-hydrogen) atoms. The van der Waals surface area contributed by atoms with Crippen molar-refractivity contribution in [1.82, 2.24) is 10.2 Å². The summed E-state index contributed by atoms with van der Waals surface area (Å²) >= 11 is 0. The molecule has 0 amide bonds. The van der Waals surface area contributed by atoms with Crippen molar-refractivity contribution in [3.63, 3.8) is 0 Å². The summed E-state index contributed by atoms with van der Waals surface area (Å²) in [5.74, 6) is -0.681. The highest BCUT2D eigenvalue weighted by Gasteiger charge is 2.43. The van der Waals surface area contributed by atoms with Gasteiger partial charge in [-0.3, -0.25) is 5.10 Å². The smallest absolute Gasteiger partial charge is 0.285 e. The number of nitrogens with zero attached hydrogens (tertiary/aromatic N) is 1. The third kappa shape index (κ3) is 1.47. The van der Waals surface area contributed by atoms with Crippen molar-refractivity contribution in [1.29, 1.82) is 0 Å². The molecule has 86 valence electrons. The molecule has 1 aromatic rings. The first-order valence-corrected chi connectivity index (χ1v) is 5.16. The molecule has 0 aromatic carbocycles. The van der Waals surface area contributed by atoms with Gasteiger partial charge in [0.2, 0.25) is 0 Å². The van der Waals surface area contributed by atoms with E-state index in [2.05, 4.69) is 10.2 Å². The van der Waals surface area contributed by atoms with Crippen molar-refractivity contribution >= 4 is 13.3 Å². The molecule has 1 aliphatic rings. The minimum Gasteiger partial charge on any atom is -0.285 e. The second kappa shape index (κ2) is 3.40. The quantitative estimate of drug-likeness (QED) is 0.676. The first-order chi connectivity index (χ1) is 7.34. The summed E-state index contributed by atoms with van der Waals surface area (Å²) in [6.07, 6.45) is -2.58. The number of nitrogens with one attached hydrogen (secondary N) is 1. The number of hydrogen-bond acceptors (Lipinski definition) is 1. The monoisotopic (exact) mass is 228 g/mol. The van der Waals surface area contributed by atoms with Gasteiger partial charge in [0, 0.05) is 17.3 Å². The van der Waals surface area contributed by atoms with Gasteiger partial charge in [0.25, 0.3) is 0 Å². The molecule has 6 heteroatoms. The predicted octanol–water partition coefficient (Wildman–Crippen LogP) is 2.07. The van der Waals surface area contributed by atoms with Gasteiger partial charge < -0.3 is 0 Å².